The maximum atomic E-state index is 5.40. The van der Waals surface area contributed by atoms with Crippen molar-refractivity contribution in [1.29, 1.82) is 0 Å². The largest absolute Gasteiger partial charge is 0.379 e. The van der Waals surface area contributed by atoms with Crippen molar-refractivity contribution in [3.05, 3.63) is 34.3 Å². The fourth-order valence-electron chi connectivity index (χ4n) is 2.17. The van der Waals surface area contributed by atoms with Gasteiger partial charge in [0.2, 0.25) is 0 Å². The van der Waals surface area contributed by atoms with Gasteiger partial charge in [0.25, 0.3) is 0 Å². The number of morpholine rings is 1. The molecule has 1 aliphatic rings. The Morgan fingerprint density at radius 3 is 2.56 bits per heavy atom. The van der Waals surface area contributed by atoms with Gasteiger partial charge in [-0.2, -0.15) is 0 Å². The van der Waals surface area contributed by atoms with Crippen LogP contribution < -0.4 is 0 Å². The van der Waals surface area contributed by atoms with Crippen molar-refractivity contribution < 1.29 is 4.74 Å². The monoisotopic (exact) mass is 283 g/mol. The SMILES string of the molecule is CC(C)(c1cccc(Br)c1)N1CCOCC1. The smallest absolute Gasteiger partial charge is 0.0594 e. The molecule has 0 aliphatic carbocycles. The molecule has 3 heteroatoms. The van der Waals surface area contributed by atoms with Crippen molar-refractivity contribution in [2.75, 3.05) is 26.3 Å². The zero-order chi connectivity index (χ0) is 11.6. The highest BCUT2D eigenvalue weighted by atomic mass is 79.9. The first-order chi connectivity index (χ1) is 7.60. The van der Waals surface area contributed by atoms with Crippen LogP contribution in [0.1, 0.15) is 19.4 Å². The van der Waals surface area contributed by atoms with Crippen molar-refractivity contribution in [2.45, 2.75) is 19.4 Å². The van der Waals surface area contributed by atoms with E-state index in [0.29, 0.717) is 0 Å². The molecule has 0 aromatic heterocycles. The molecule has 1 fully saturated rings. The van der Waals surface area contributed by atoms with Gasteiger partial charge in [0, 0.05) is 23.1 Å². The van der Waals surface area contributed by atoms with Gasteiger partial charge in [-0.25, -0.2) is 0 Å². The van der Waals surface area contributed by atoms with E-state index in [0.717, 1.165) is 30.8 Å². The van der Waals surface area contributed by atoms with E-state index in [1.807, 2.05) is 0 Å². The van der Waals surface area contributed by atoms with E-state index in [2.05, 4.69) is 58.9 Å². The predicted molar refractivity (Wildman–Crippen MR) is 69.6 cm³/mol. The summed E-state index contributed by atoms with van der Waals surface area (Å²) >= 11 is 3.54. The van der Waals surface area contributed by atoms with Gasteiger partial charge >= 0.3 is 0 Å². The number of ether oxygens (including phenoxy) is 1. The number of benzene rings is 1. The standard InChI is InChI=1S/C13H18BrNO/c1-13(2,15-6-8-16-9-7-15)11-4-3-5-12(14)10-11/h3-5,10H,6-9H2,1-2H3. The summed E-state index contributed by atoms with van der Waals surface area (Å²) < 4.78 is 6.55. The second-order valence-electron chi connectivity index (χ2n) is 4.67. The fraction of sp³-hybridized carbons (Fsp3) is 0.538. The van der Waals surface area contributed by atoms with Crippen LogP contribution in [0.15, 0.2) is 28.7 Å². The van der Waals surface area contributed by atoms with Crippen molar-refractivity contribution >= 4 is 15.9 Å². The predicted octanol–water partition coefficient (Wildman–Crippen LogP) is 3.02. The highest BCUT2D eigenvalue weighted by molar-refractivity contribution is 9.10. The van der Waals surface area contributed by atoms with Gasteiger partial charge in [0.15, 0.2) is 0 Å². The maximum Gasteiger partial charge on any atom is 0.0594 e. The van der Waals surface area contributed by atoms with Crippen LogP contribution in [-0.2, 0) is 10.3 Å². The molecule has 1 saturated heterocycles. The minimum absolute atomic E-state index is 0.0769. The first kappa shape index (κ1) is 12.1. The Kier molecular flexibility index (Phi) is 3.67. The average Bonchev–Trinajstić information content (AvgIpc) is 2.30. The van der Waals surface area contributed by atoms with Gasteiger partial charge in [0.05, 0.1) is 13.2 Å². The third kappa shape index (κ3) is 2.47. The molecular formula is C13H18BrNO. The van der Waals surface area contributed by atoms with Crippen LogP contribution in [0.4, 0.5) is 0 Å². The quantitative estimate of drug-likeness (QED) is 0.827. The van der Waals surface area contributed by atoms with Gasteiger partial charge in [-0.1, -0.05) is 28.1 Å². The second-order valence-corrected chi connectivity index (χ2v) is 5.58. The Balaban J connectivity index is 2.22. The van der Waals surface area contributed by atoms with Crippen LogP contribution in [-0.4, -0.2) is 31.2 Å². The minimum Gasteiger partial charge on any atom is -0.379 e. The molecule has 0 amide bonds. The maximum absolute atomic E-state index is 5.40. The lowest BCUT2D eigenvalue weighted by Crippen LogP contribution is -2.47. The molecule has 16 heavy (non-hydrogen) atoms. The lowest BCUT2D eigenvalue weighted by molar-refractivity contribution is -0.0118. The molecule has 0 bridgehead atoms. The van der Waals surface area contributed by atoms with Crippen LogP contribution in [0.5, 0.6) is 0 Å². The summed E-state index contributed by atoms with van der Waals surface area (Å²) in [5.74, 6) is 0. The molecule has 1 aromatic carbocycles. The zero-order valence-electron chi connectivity index (χ0n) is 9.87. The average molecular weight is 284 g/mol. The third-order valence-corrected chi connectivity index (χ3v) is 3.83. The van der Waals surface area contributed by atoms with Crippen LogP contribution >= 0.6 is 15.9 Å². The van der Waals surface area contributed by atoms with E-state index >= 15 is 0 Å². The number of hydrogen-bond acceptors (Lipinski definition) is 2. The van der Waals surface area contributed by atoms with E-state index in [1.54, 1.807) is 0 Å². The van der Waals surface area contributed by atoms with Crippen molar-refractivity contribution in [3.8, 4) is 0 Å². The summed E-state index contributed by atoms with van der Waals surface area (Å²) in [6.07, 6.45) is 0. The highest BCUT2D eigenvalue weighted by Crippen LogP contribution is 2.29. The number of nitrogens with zero attached hydrogens (tertiary/aromatic N) is 1. The molecular weight excluding hydrogens is 266 g/mol. The molecule has 0 spiro atoms. The fourth-order valence-corrected chi connectivity index (χ4v) is 2.57. The van der Waals surface area contributed by atoms with Gasteiger partial charge in [0.1, 0.15) is 0 Å². The molecule has 1 aromatic rings. The summed E-state index contributed by atoms with van der Waals surface area (Å²) in [5, 5.41) is 0. The summed E-state index contributed by atoms with van der Waals surface area (Å²) in [6.45, 7) is 8.27. The molecule has 0 N–H and O–H groups in total. The Morgan fingerprint density at radius 2 is 1.94 bits per heavy atom. The summed E-state index contributed by atoms with van der Waals surface area (Å²) in [4.78, 5) is 2.48. The normalized spacial score (nSPS) is 18.7. The molecule has 0 atom stereocenters. The Bertz CT molecular complexity index is 359. The molecule has 88 valence electrons. The van der Waals surface area contributed by atoms with Crippen molar-refractivity contribution in [2.24, 2.45) is 0 Å². The van der Waals surface area contributed by atoms with Crippen LogP contribution in [0.3, 0.4) is 0 Å². The third-order valence-electron chi connectivity index (χ3n) is 3.33. The molecule has 0 saturated carbocycles. The molecule has 2 rings (SSSR count). The van der Waals surface area contributed by atoms with E-state index in [9.17, 15) is 0 Å². The first-order valence-corrected chi connectivity index (χ1v) is 6.49. The minimum atomic E-state index is 0.0769. The Labute approximate surface area is 106 Å². The van der Waals surface area contributed by atoms with Crippen LogP contribution in [0.25, 0.3) is 0 Å². The zero-order valence-corrected chi connectivity index (χ0v) is 11.5. The highest BCUT2D eigenvalue weighted by Gasteiger charge is 2.29. The van der Waals surface area contributed by atoms with E-state index < -0.39 is 0 Å². The van der Waals surface area contributed by atoms with Crippen molar-refractivity contribution in [3.63, 3.8) is 0 Å². The Morgan fingerprint density at radius 1 is 1.25 bits per heavy atom. The first-order valence-electron chi connectivity index (χ1n) is 5.69. The number of rotatable bonds is 2. The lowest BCUT2D eigenvalue weighted by atomic mass is 9.92. The summed E-state index contributed by atoms with van der Waals surface area (Å²) in [7, 11) is 0. The molecule has 1 aliphatic heterocycles. The topological polar surface area (TPSA) is 12.5 Å². The van der Waals surface area contributed by atoms with Gasteiger partial charge < -0.3 is 4.74 Å². The van der Waals surface area contributed by atoms with E-state index in [4.69, 9.17) is 4.74 Å². The lowest BCUT2D eigenvalue weighted by Gasteiger charge is -2.41. The van der Waals surface area contributed by atoms with E-state index in [1.165, 1.54) is 5.56 Å². The number of halogens is 1. The van der Waals surface area contributed by atoms with Gasteiger partial charge in [-0.15, -0.1) is 0 Å². The van der Waals surface area contributed by atoms with E-state index in [-0.39, 0.29) is 5.54 Å². The molecule has 2 nitrogen and oxygen atoms in total. The van der Waals surface area contributed by atoms with Gasteiger partial charge in [-0.05, 0) is 31.5 Å². The van der Waals surface area contributed by atoms with Crippen LogP contribution in [0, 0.1) is 0 Å². The van der Waals surface area contributed by atoms with Crippen LogP contribution in [0.2, 0.25) is 0 Å². The number of hydrogen-bond donors (Lipinski definition) is 0. The molecule has 1 heterocycles. The molecule has 0 unspecified atom stereocenters. The summed E-state index contributed by atoms with van der Waals surface area (Å²) in [6, 6.07) is 8.57. The summed E-state index contributed by atoms with van der Waals surface area (Å²) in [5.41, 5.74) is 1.43. The van der Waals surface area contributed by atoms with Crippen molar-refractivity contribution in [1.82, 2.24) is 4.90 Å². The Hall–Kier alpha value is -0.380. The van der Waals surface area contributed by atoms with Gasteiger partial charge in [-0.3, -0.25) is 4.90 Å². The molecule has 0 radical (unpaired) electrons. The second kappa shape index (κ2) is 4.86.